The molecule has 0 unspecified atom stereocenters. The van der Waals surface area contributed by atoms with Crippen LogP contribution in [-0.4, -0.2) is 66.0 Å². The minimum absolute atomic E-state index is 0.0593. The molecule has 29 heavy (non-hydrogen) atoms. The van der Waals surface area contributed by atoms with E-state index in [1.54, 1.807) is 11.8 Å². The highest BCUT2D eigenvalue weighted by molar-refractivity contribution is 6.00. The molecule has 2 saturated carbocycles. The molecule has 1 saturated heterocycles. The second-order valence-corrected chi connectivity index (χ2v) is 8.53. The molecule has 4 aliphatic rings. The second-order valence-electron chi connectivity index (χ2n) is 8.53. The van der Waals surface area contributed by atoms with E-state index < -0.39 is 5.60 Å². The smallest absolute Gasteiger partial charge is 0.409 e. The van der Waals surface area contributed by atoms with E-state index in [0.717, 1.165) is 12.8 Å². The Morgan fingerprint density at radius 1 is 1.17 bits per heavy atom. The van der Waals surface area contributed by atoms with Gasteiger partial charge in [-0.15, -0.1) is 0 Å². The van der Waals surface area contributed by atoms with Crippen molar-refractivity contribution in [3.8, 4) is 5.75 Å². The summed E-state index contributed by atoms with van der Waals surface area (Å²) in [6, 6.07) is 7.41. The number of ketones is 1. The number of benzene rings is 1. The molecule has 2 heterocycles. The number of hydrogen-bond donors (Lipinski definition) is 0. The van der Waals surface area contributed by atoms with E-state index >= 15 is 0 Å². The molecule has 5 rings (SSSR count). The van der Waals surface area contributed by atoms with E-state index in [4.69, 9.17) is 9.47 Å². The number of piperazine rings is 1. The van der Waals surface area contributed by atoms with Crippen LogP contribution < -0.4 is 4.74 Å². The Labute approximate surface area is 169 Å². The molecule has 2 amide bonds. The fourth-order valence-corrected chi connectivity index (χ4v) is 5.63. The molecule has 3 fully saturated rings. The number of Topliss-reactive ketones (excluding diaryl/α,β-unsaturated/α-hetero) is 1. The first kappa shape index (κ1) is 18.5. The number of ether oxygens (including phenoxy) is 2. The van der Waals surface area contributed by atoms with E-state index in [2.05, 4.69) is 0 Å². The highest BCUT2D eigenvalue weighted by Crippen LogP contribution is 2.66. The quantitative estimate of drug-likeness (QED) is 0.764. The van der Waals surface area contributed by atoms with Crippen molar-refractivity contribution in [1.82, 2.24) is 9.80 Å². The van der Waals surface area contributed by atoms with Crippen molar-refractivity contribution >= 4 is 17.8 Å². The summed E-state index contributed by atoms with van der Waals surface area (Å²) in [5, 5.41) is 0. The van der Waals surface area contributed by atoms with Gasteiger partial charge in [-0.2, -0.15) is 0 Å². The SMILES string of the molecule is CCOC(=O)N1CCN(C(=O)[C@H]2[C@H]3CC[C@@]4(CC(=O)c5ccccc5O4)[C@@H]32)CC1. The number of carbonyl (C=O) groups excluding carboxylic acids is 3. The summed E-state index contributed by atoms with van der Waals surface area (Å²) < 4.78 is 11.4. The molecule has 4 atom stereocenters. The average molecular weight is 398 g/mol. The number of para-hydroxylation sites is 1. The Morgan fingerprint density at radius 3 is 2.66 bits per heavy atom. The molecule has 1 aromatic carbocycles. The molecule has 7 heteroatoms. The fraction of sp³-hybridized carbons (Fsp3) is 0.591. The van der Waals surface area contributed by atoms with Crippen molar-refractivity contribution in [3.63, 3.8) is 0 Å². The van der Waals surface area contributed by atoms with Crippen LogP contribution in [0.3, 0.4) is 0 Å². The summed E-state index contributed by atoms with van der Waals surface area (Å²) in [5.74, 6) is 1.30. The Bertz CT molecular complexity index is 863. The number of amides is 2. The molecule has 1 spiro atoms. The highest BCUT2D eigenvalue weighted by atomic mass is 16.6. The van der Waals surface area contributed by atoms with Gasteiger partial charge in [0.2, 0.25) is 5.91 Å². The first-order chi connectivity index (χ1) is 14.0. The third kappa shape index (κ3) is 2.90. The number of carbonyl (C=O) groups is 3. The van der Waals surface area contributed by atoms with Crippen molar-refractivity contribution in [1.29, 1.82) is 0 Å². The van der Waals surface area contributed by atoms with Crippen LogP contribution >= 0.6 is 0 Å². The average Bonchev–Trinajstić information content (AvgIpc) is 3.38. The van der Waals surface area contributed by atoms with Gasteiger partial charge in [0.15, 0.2) is 5.78 Å². The van der Waals surface area contributed by atoms with E-state index in [-0.39, 0.29) is 29.6 Å². The third-order valence-corrected chi connectivity index (χ3v) is 7.04. The lowest BCUT2D eigenvalue weighted by molar-refractivity contribution is -0.136. The second kappa shape index (κ2) is 6.75. The van der Waals surface area contributed by atoms with Crippen LogP contribution in [-0.2, 0) is 9.53 Å². The first-order valence-corrected chi connectivity index (χ1v) is 10.6. The molecule has 1 aromatic rings. The molecular formula is C22H26N2O5. The van der Waals surface area contributed by atoms with Gasteiger partial charge in [0.1, 0.15) is 11.4 Å². The lowest BCUT2D eigenvalue weighted by Crippen LogP contribution is -2.52. The van der Waals surface area contributed by atoms with Gasteiger partial charge in [0.25, 0.3) is 0 Å². The highest BCUT2D eigenvalue weighted by Gasteiger charge is 2.71. The van der Waals surface area contributed by atoms with E-state index in [9.17, 15) is 14.4 Å². The predicted octanol–water partition coefficient (Wildman–Crippen LogP) is 2.35. The maximum absolute atomic E-state index is 13.2. The fourth-order valence-electron chi connectivity index (χ4n) is 5.63. The van der Waals surface area contributed by atoms with Crippen molar-refractivity contribution in [3.05, 3.63) is 29.8 Å². The molecule has 2 aliphatic heterocycles. The zero-order chi connectivity index (χ0) is 20.2. The summed E-state index contributed by atoms with van der Waals surface area (Å²) >= 11 is 0. The zero-order valence-corrected chi connectivity index (χ0v) is 16.6. The third-order valence-electron chi connectivity index (χ3n) is 7.04. The number of rotatable bonds is 2. The van der Waals surface area contributed by atoms with Crippen molar-refractivity contribution < 1.29 is 23.9 Å². The molecule has 0 N–H and O–H groups in total. The summed E-state index contributed by atoms with van der Waals surface area (Å²) in [7, 11) is 0. The number of hydrogen-bond acceptors (Lipinski definition) is 5. The maximum Gasteiger partial charge on any atom is 0.409 e. The van der Waals surface area contributed by atoms with Crippen LogP contribution in [0.15, 0.2) is 24.3 Å². The van der Waals surface area contributed by atoms with Crippen molar-refractivity contribution in [2.45, 2.75) is 31.8 Å². The van der Waals surface area contributed by atoms with Crippen LogP contribution in [0.5, 0.6) is 5.75 Å². The Balaban J connectivity index is 1.26. The summed E-state index contributed by atoms with van der Waals surface area (Å²) in [5.41, 5.74) is 0.128. The Morgan fingerprint density at radius 2 is 1.90 bits per heavy atom. The minimum Gasteiger partial charge on any atom is -0.486 e. The van der Waals surface area contributed by atoms with Crippen LogP contribution in [0.1, 0.15) is 36.5 Å². The molecule has 154 valence electrons. The monoisotopic (exact) mass is 398 g/mol. The van der Waals surface area contributed by atoms with Gasteiger partial charge in [-0.1, -0.05) is 12.1 Å². The minimum atomic E-state index is -0.525. The van der Waals surface area contributed by atoms with Crippen LogP contribution in [0, 0.1) is 17.8 Å². The van der Waals surface area contributed by atoms with Crippen LogP contribution in [0.2, 0.25) is 0 Å². The van der Waals surface area contributed by atoms with Crippen molar-refractivity contribution in [2.24, 2.45) is 17.8 Å². The molecule has 0 radical (unpaired) electrons. The molecule has 0 aromatic heterocycles. The van der Waals surface area contributed by atoms with E-state index in [1.165, 1.54) is 0 Å². The maximum atomic E-state index is 13.2. The van der Waals surface area contributed by atoms with Crippen molar-refractivity contribution in [2.75, 3.05) is 32.8 Å². The first-order valence-electron chi connectivity index (χ1n) is 10.6. The van der Waals surface area contributed by atoms with Gasteiger partial charge in [0, 0.05) is 38.0 Å². The van der Waals surface area contributed by atoms with Gasteiger partial charge in [-0.3, -0.25) is 9.59 Å². The topological polar surface area (TPSA) is 76.2 Å². The lowest BCUT2D eigenvalue weighted by atomic mass is 9.84. The van der Waals surface area contributed by atoms with E-state index in [1.807, 2.05) is 29.2 Å². The van der Waals surface area contributed by atoms with Gasteiger partial charge >= 0.3 is 6.09 Å². The Hall–Kier alpha value is -2.57. The normalized spacial score (nSPS) is 32.4. The molecule has 0 bridgehead atoms. The number of fused-ring (bicyclic) bond motifs is 3. The predicted molar refractivity (Wildman–Crippen MR) is 104 cm³/mol. The van der Waals surface area contributed by atoms with Gasteiger partial charge in [0.05, 0.1) is 18.6 Å². The number of nitrogens with zero attached hydrogens (tertiary/aromatic N) is 2. The largest absolute Gasteiger partial charge is 0.486 e. The van der Waals surface area contributed by atoms with Gasteiger partial charge in [-0.25, -0.2) is 4.79 Å². The Kier molecular flexibility index (Phi) is 4.29. The molecular weight excluding hydrogens is 372 g/mol. The standard InChI is InChI=1S/C22H26N2O5/c1-2-28-21(27)24-11-9-23(10-12-24)20(26)18-15-7-8-22(19(15)18)13-16(25)14-5-3-4-6-17(14)29-22/h3-6,15,18-19H,2,7-13H2,1H3/t15-,18+,19+,22-/m1/s1. The lowest BCUT2D eigenvalue weighted by Gasteiger charge is -2.38. The van der Waals surface area contributed by atoms with E-state index in [0.29, 0.717) is 56.4 Å². The van der Waals surface area contributed by atoms with Crippen LogP contribution in [0.4, 0.5) is 4.79 Å². The van der Waals surface area contributed by atoms with Gasteiger partial charge in [-0.05, 0) is 37.8 Å². The summed E-state index contributed by atoms with van der Waals surface area (Å²) in [4.78, 5) is 41.3. The van der Waals surface area contributed by atoms with Crippen LogP contribution in [0.25, 0.3) is 0 Å². The van der Waals surface area contributed by atoms with Gasteiger partial charge < -0.3 is 19.3 Å². The summed E-state index contributed by atoms with van der Waals surface area (Å²) in [6.07, 6.45) is 1.82. The molecule has 7 nitrogen and oxygen atoms in total. The molecule has 2 aliphatic carbocycles. The summed E-state index contributed by atoms with van der Waals surface area (Å²) in [6.45, 7) is 4.20. The zero-order valence-electron chi connectivity index (χ0n) is 16.6.